The van der Waals surface area contributed by atoms with Gasteiger partial charge in [-0.3, -0.25) is 4.98 Å². The number of methoxy groups -OCH3 is 1. The smallest absolute Gasteiger partial charge is 0.118 e. The fourth-order valence-corrected chi connectivity index (χ4v) is 1.41. The Hall–Kier alpha value is -2.03. The Bertz CT molecular complexity index is 425. The van der Waals surface area contributed by atoms with E-state index in [1.54, 1.807) is 13.3 Å². The molecule has 0 saturated heterocycles. The Labute approximate surface area is 95.1 Å². The third-order valence-electron chi connectivity index (χ3n) is 2.32. The van der Waals surface area contributed by atoms with Gasteiger partial charge in [0.2, 0.25) is 0 Å². The maximum Gasteiger partial charge on any atom is 0.118 e. The summed E-state index contributed by atoms with van der Waals surface area (Å²) in [5, 5.41) is 3.30. The Morgan fingerprint density at radius 3 is 2.62 bits per heavy atom. The number of pyridine rings is 1. The van der Waals surface area contributed by atoms with E-state index in [2.05, 4.69) is 10.3 Å². The molecule has 0 unspecified atom stereocenters. The van der Waals surface area contributed by atoms with Crippen molar-refractivity contribution < 1.29 is 4.74 Å². The molecule has 0 radical (unpaired) electrons. The highest BCUT2D eigenvalue weighted by Gasteiger charge is 1.94. The topological polar surface area (TPSA) is 34.1 Å². The summed E-state index contributed by atoms with van der Waals surface area (Å²) in [7, 11) is 1.67. The molecule has 2 rings (SSSR count). The fraction of sp³-hybridized carbons (Fsp3) is 0.154. The van der Waals surface area contributed by atoms with E-state index in [0.29, 0.717) is 0 Å². The lowest BCUT2D eigenvalue weighted by Crippen LogP contribution is -1.99. The van der Waals surface area contributed by atoms with Gasteiger partial charge in [0.25, 0.3) is 0 Å². The van der Waals surface area contributed by atoms with Gasteiger partial charge in [-0.15, -0.1) is 0 Å². The summed E-state index contributed by atoms with van der Waals surface area (Å²) < 4.78 is 5.10. The molecule has 0 atom stereocenters. The molecular formula is C13H14N2O. The van der Waals surface area contributed by atoms with Crippen LogP contribution in [-0.4, -0.2) is 12.1 Å². The summed E-state index contributed by atoms with van der Waals surface area (Å²) in [6.45, 7) is 0.787. The number of nitrogens with zero attached hydrogens (tertiary/aromatic N) is 1. The lowest BCUT2D eigenvalue weighted by atomic mass is 10.2. The van der Waals surface area contributed by atoms with Crippen LogP contribution in [0.4, 0.5) is 5.69 Å². The molecule has 2 aromatic rings. The molecule has 0 spiro atoms. The maximum absolute atomic E-state index is 5.10. The Balaban J connectivity index is 1.94. The minimum Gasteiger partial charge on any atom is -0.497 e. The van der Waals surface area contributed by atoms with Gasteiger partial charge in [-0.05, 0) is 29.8 Å². The predicted molar refractivity (Wildman–Crippen MR) is 64.6 cm³/mol. The van der Waals surface area contributed by atoms with Crippen molar-refractivity contribution >= 4 is 5.69 Å². The largest absolute Gasteiger partial charge is 0.497 e. The second-order valence-corrected chi connectivity index (χ2v) is 3.44. The van der Waals surface area contributed by atoms with Crippen molar-refractivity contribution in [3.63, 3.8) is 0 Å². The SMILES string of the molecule is COc1ccc(CNc2cccnc2)cc1. The van der Waals surface area contributed by atoms with Gasteiger partial charge in [0, 0.05) is 18.9 Å². The van der Waals surface area contributed by atoms with Crippen molar-refractivity contribution in [1.29, 1.82) is 0 Å². The molecule has 0 saturated carbocycles. The summed E-state index contributed by atoms with van der Waals surface area (Å²) in [6, 6.07) is 11.9. The molecule has 82 valence electrons. The maximum atomic E-state index is 5.10. The molecule has 1 N–H and O–H groups in total. The molecule has 0 bridgehead atoms. The summed E-state index contributed by atoms with van der Waals surface area (Å²) in [4.78, 5) is 4.04. The van der Waals surface area contributed by atoms with E-state index in [1.165, 1.54) is 5.56 Å². The number of ether oxygens (including phenoxy) is 1. The molecule has 16 heavy (non-hydrogen) atoms. The highest BCUT2D eigenvalue weighted by molar-refractivity contribution is 5.41. The number of benzene rings is 1. The Kier molecular flexibility index (Phi) is 3.38. The molecular weight excluding hydrogens is 200 g/mol. The average molecular weight is 214 g/mol. The van der Waals surface area contributed by atoms with E-state index in [1.807, 2.05) is 42.6 Å². The van der Waals surface area contributed by atoms with E-state index in [9.17, 15) is 0 Å². The van der Waals surface area contributed by atoms with Crippen LogP contribution >= 0.6 is 0 Å². The van der Waals surface area contributed by atoms with E-state index in [-0.39, 0.29) is 0 Å². The standard InChI is InChI=1S/C13H14N2O/c1-16-13-6-4-11(5-7-13)9-15-12-3-2-8-14-10-12/h2-8,10,15H,9H2,1H3. The van der Waals surface area contributed by atoms with Crippen molar-refractivity contribution in [2.45, 2.75) is 6.54 Å². The lowest BCUT2D eigenvalue weighted by molar-refractivity contribution is 0.414. The molecule has 0 aliphatic heterocycles. The second-order valence-electron chi connectivity index (χ2n) is 3.44. The summed E-state index contributed by atoms with van der Waals surface area (Å²) in [5.74, 6) is 0.880. The van der Waals surface area contributed by atoms with Gasteiger partial charge in [0.05, 0.1) is 12.8 Å². The molecule has 1 heterocycles. The van der Waals surface area contributed by atoms with Gasteiger partial charge in [0.1, 0.15) is 5.75 Å². The molecule has 0 aliphatic rings. The quantitative estimate of drug-likeness (QED) is 0.849. The second kappa shape index (κ2) is 5.16. The fourth-order valence-electron chi connectivity index (χ4n) is 1.41. The summed E-state index contributed by atoms with van der Waals surface area (Å²) >= 11 is 0. The summed E-state index contributed by atoms with van der Waals surface area (Å²) in [6.07, 6.45) is 3.57. The number of aromatic nitrogens is 1. The van der Waals surface area contributed by atoms with Crippen LogP contribution in [0.3, 0.4) is 0 Å². The van der Waals surface area contributed by atoms with Gasteiger partial charge in [-0.25, -0.2) is 0 Å². The first-order chi connectivity index (χ1) is 7.88. The van der Waals surface area contributed by atoms with Gasteiger partial charge < -0.3 is 10.1 Å². The van der Waals surface area contributed by atoms with E-state index in [0.717, 1.165) is 18.0 Å². The van der Waals surface area contributed by atoms with E-state index >= 15 is 0 Å². The van der Waals surface area contributed by atoms with E-state index < -0.39 is 0 Å². The zero-order chi connectivity index (χ0) is 11.2. The van der Waals surface area contributed by atoms with E-state index in [4.69, 9.17) is 4.74 Å². The van der Waals surface area contributed by atoms with Crippen LogP contribution in [-0.2, 0) is 6.54 Å². The minimum atomic E-state index is 0.787. The lowest BCUT2D eigenvalue weighted by Gasteiger charge is -2.06. The number of hydrogen-bond donors (Lipinski definition) is 1. The van der Waals surface area contributed by atoms with Crippen molar-refractivity contribution in [1.82, 2.24) is 4.98 Å². The number of anilines is 1. The van der Waals surface area contributed by atoms with Crippen LogP contribution < -0.4 is 10.1 Å². The first-order valence-electron chi connectivity index (χ1n) is 5.15. The van der Waals surface area contributed by atoms with Crippen LogP contribution in [0.2, 0.25) is 0 Å². The van der Waals surface area contributed by atoms with Crippen molar-refractivity contribution in [2.24, 2.45) is 0 Å². The molecule has 1 aromatic carbocycles. The van der Waals surface area contributed by atoms with Crippen LogP contribution in [0.1, 0.15) is 5.56 Å². The van der Waals surface area contributed by atoms with Crippen LogP contribution in [0.25, 0.3) is 0 Å². The molecule has 0 fully saturated rings. The summed E-state index contributed by atoms with van der Waals surface area (Å²) in [5.41, 5.74) is 2.24. The molecule has 0 aliphatic carbocycles. The van der Waals surface area contributed by atoms with Crippen LogP contribution in [0.5, 0.6) is 5.75 Å². The van der Waals surface area contributed by atoms with Crippen LogP contribution in [0, 0.1) is 0 Å². The molecule has 1 aromatic heterocycles. The average Bonchev–Trinajstić information content (AvgIpc) is 2.38. The number of hydrogen-bond acceptors (Lipinski definition) is 3. The monoisotopic (exact) mass is 214 g/mol. The zero-order valence-electron chi connectivity index (χ0n) is 9.18. The number of nitrogens with one attached hydrogen (secondary N) is 1. The minimum absolute atomic E-state index is 0.787. The van der Waals surface area contributed by atoms with Gasteiger partial charge in [0.15, 0.2) is 0 Å². The molecule has 0 amide bonds. The van der Waals surface area contributed by atoms with Gasteiger partial charge in [-0.1, -0.05) is 12.1 Å². The van der Waals surface area contributed by atoms with Crippen molar-refractivity contribution in [3.8, 4) is 5.75 Å². The highest BCUT2D eigenvalue weighted by atomic mass is 16.5. The van der Waals surface area contributed by atoms with Gasteiger partial charge in [-0.2, -0.15) is 0 Å². The van der Waals surface area contributed by atoms with Crippen molar-refractivity contribution in [2.75, 3.05) is 12.4 Å². The third kappa shape index (κ3) is 2.73. The van der Waals surface area contributed by atoms with Gasteiger partial charge >= 0.3 is 0 Å². The normalized spacial score (nSPS) is 9.81. The zero-order valence-corrected chi connectivity index (χ0v) is 9.18. The predicted octanol–water partition coefficient (Wildman–Crippen LogP) is 2.70. The molecule has 3 heteroatoms. The first-order valence-corrected chi connectivity index (χ1v) is 5.15. The molecule has 3 nitrogen and oxygen atoms in total. The first kappa shape index (κ1) is 10.5. The third-order valence-corrected chi connectivity index (χ3v) is 2.32. The number of rotatable bonds is 4. The van der Waals surface area contributed by atoms with Crippen molar-refractivity contribution in [3.05, 3.63) is 54.4 Å². The van der Waals surface area contributed by atoms with Crippen LogP contribution in [0.15, 0.2) is 48.8 Å². The highest BCUT2D eigenvalue weighted by Crippen LogP contribution is 2.12. The Morgan fingerprint density at radius 2 is 2.00 bits per heavy atom. The Morgan fingerprint density at radius 1 is 1.19 bits per heavy atom.